The van der Waals surface area contributed by atoms with Crippen molar-refractivity contribution in [1.29, 1.82) is 0 Å². The Balaban J connectivity index is 2.34. The van der Waals surface area contributed by atoms with Crippen LogP contribution in [0.15, 0.2) is 18.3 Å². The topological polar surface area (TPSA) is 43.4 Å². The summed E-state index contributed by atoms with van der Waals surface area (Å²) in [5.41, 5.74) is 1.01. The normalized spacial score (nSPS) is 12.4. The van der Waals surface area contributed by atoms with Gasteiger partial charge >= 0.3 is 0 Å². The molecule has 0 radical (unpaired) electrons. The highest BCUT2D eigenvalue weighted by molar-refractivity contribution is 5.20. The van der Waals surface area contributed by atoms with E-state index in [1.54, 1.807) is 13.3 Å². The Morgan fingerprint density at radius 2 is 2.24 bits per heavy atom. The van der Waals surface area contributed by atoms with Crippen LogP contribution in [0.5, 0.6) is 5.75 Å². The van der Waals surface area contributed by atoms with Crippen LogP contribution in [-0.4, -0.2) is 31.3 Å². The molecular formula is C13H22N2O2. The third-order valence-electron chi connectivity index (χ3n) is 2.50. The second-order valence-corrected chi connectivity index (χ2v) is 3.99. The van der Waals surface area contributed by atoms with Crippen molar-refractivity contribution in [2.45, 2.75) is 32.9 Å². The van der Waals surface area contributed by atoms with Gasteiger partial charge in [-0.3, -0.25) is 4.98 Å². The van der Waals surface area contributed by atoms with Gasteiger partial charge in [-0.25, -0.2) is 0 Å². The number of nitrogens with one attached hydrogen (secondary N) is 1. The number of pyridine rings is 1. The largest absolute Gasteiger partial charge is 0.489 e. The molecule has 4 heteroatoms. The van der Waals surface area contributed by atoms with E-state index in [1.165, 1.54) is 0 Å². The summed E-state index contributed by atoms with van der Waals surface area (Å²) in [4.78, 5) is 4.34. The molecule has 1 aromatic rings. The first-order valence-electron chi connectivity index (χ1n) is 6.07. The molecule has 1 unspecified atom stereocenters. The van der Waals surface area contributed by atoms with Crippen LogP contribution in [0.2, 0.25) is 0 Å². The van der Waals surface area contributed by atoms with E-state index in [1.807, 2.05) is 12.1 Å². The van der Waals surface area contributed by atoms with Crippen LogP contribution in [0, 0.1) is 0 Å². The Morgan fingerprint density at radius 1 is 1.41 bits per heavy atom. The third kappa shape index (κ3) is 5.65. The fourth-order valence-electron chi connectivity index (χ4n) is 1.29. The van der Waals surface area contributed by atoms with Gasteiger partial charge in [-0.2, -0.15) is 0 Å². The van der Waals surface area contributed by atoms with Gasteiger partial charge in [0.15, 0.2) is 0 Å². The van der Waals surface area contributed by atoms with Crippen molar-refractivity contribution in [3.05, 3.63) is 24.0 Å². The van der Waals surface area contributed by atoms with E-state index in [-0.39, 0.29) is 6.10 Å². The molecule has 0 aliphatic rings. The third-order valence-corrected chi connectivity index (χ3v) is 2.50. The van der Waals surface area contributed by atoms with Gasteiger partial charge in [-0.15, -0.1) is 0 Å². The van der Waals surface area contributed by atoms with Crippen molar-refractivity contribution in [2.75, 3.05) is 20.3 Å². The molecule has 0 bridgehead atoms. The Bertz CT molecular complexity index is 301. The smallest absolute Gasteiger partial charge is 0.138 e. The number of hydrogen-bond donors (Lipinski definition) is 1. The highest BCUT2D eigenvalue weighted by atomic mass is 16.5. The molecule has 0 aliphatic heterocycles. The number of aromatic nitrogens is 1. The van der Waals surface area contributed by atoms with Gasteiger partial charge in [0, 0.05) is 20.2 Å². The van der Waals surface area contributed by atoms with Crippen LogP contribution >= 0.6 is 0 Å². The number of methoxy groups -OCH3 is 1. The molecule has 4 nitrogen and oxygen atoms in total. The van der Waals surface area contributed by atoms with Crippen LogP contribution in [-0.2, 0) is 11.3 Å². The Morgan fingerprint density at radius 3 is 2.82 bits per heavy atom. The zero-order valence-electron chi connectivity index (χ0n) is 10.9. The first kappa shape index (κ1) is 13.9. The second kappa shape index (κ2) is 8.03. The molecule has 0 saturated carbocycles. The number of rotatable bonds is 8. The van der Waals surface area contributed by atoms with E-state index in [9.17, 15) is 0 Å². The van der Waals surface area contributed by atoms with E-state index in [4.69, 9.17) is 9.47 Å². The molecule has 0 aliphatic carbocycles. The Labute approximate surface area is 103 Å². The quantitative estimate of drug-likeness (QED) is 0.703. The van der Waals surface area contributed by atoms with Gasteiger partial charge in [0.1, 0.15) is 5.75 Å². The molecule has 1 aromatic heterocycles. The van der Waals surface area contributed by atoms with E-state index < -0.39 is 0 Å². The highest BCUT2D eigenvalue weighted by Gasteiger charge is 2.01. The molecule has 96 valence electrons. The van der Waals surface area contributed by atoms with Gasteiger partial charge in [0.2, 0.25) is 0 Å². The van der Waals surface area contributed by atoms with E-state index in [0.29, 0.717) is 0 Å². The maximum Gasteiger partial charge on any atom is 0.138 e. The summed E-state index contributed by atoms with van der Waals surface area (Å²) >= 11 is 0. The SMILES string of the molecule is CCC(C)Oc1ccc(CNCCOC)nc1. The first-order chi connectivity index (χ1) is 8.26. The predicted octanol–water partition coefficient (Wildman–Crippen LogP) is 1.99. The van der Waals surface area contributed by atoms with E-state index in [0.717, 1.165) is 37.6 Å². The summed E-state index contributed by atoms with van der Waals surface area (Å²) < 4.78 is 10.6. The molecule has 0 aromatic carbocycles. The maximum absolute atomic E-state index is 5.66. The van der Waals surface area contributed by atoms with Crippen molar-refractivity contribution < 1.29 is 9.47 Å². The molecule has 1 heterocycles. The minimum Gasteiger partial charge on any atom is -0.489 e. The van der Waals surface area contributed by atoms with Crippen molar-refractivity contribution >= 4 is 0 Å². The number of ether oxygens (including phenoxy) is 2. The Kier molecular flexibility index (Phi) is 6.58. The maximum atomic E-state index is 5.66. The lowest BCUT2D eigenvalue weighted by molar-refractivity contribution is 0.199. The zero-order chi connectivity index (χ0) is 12.5. The van der Waals surface area contributed by atoms with Gasteiger partial charge in [0.05, 0.1) is 24.6 Å². The van der Waals surface area contributed by atoms with Gasteiger partial charge in [0.25, 0.3) is 0 Å². The number of hydrogen-bond acceptors (Lipinski definition) is 4. The summed E-state index contributed by atoms with van der Waals surface area (Å²) in [6.45, 7) is 6.47. The van der Waals surface area contributed by atoms with Crippen molar-refractivity contribution in [3.8, 4) is 5.75 Å². The molecule has 0 amide bonds. The van der Waals surface area contributed by atoms with Crippen LogP contribution in [0.4, 0.5) is 0 Å². The standard InChI is InChI=1S/C13H22N2O2/c1-4-11(2)17-13-6-5-12(15-10-13)9-14-7-8-16-3/h5-6,10-11,14H,4,7-9H2,1-3H3. The molecule has 1 rings (SSSR count). The summed E-state index contributed by atoms with van der Waals surface area (Å²) in [5.74, 6) is 0.833. The van der Waals surface area contributed by atoms with Crippen molar-refractivity contribution in [3.63, 3.8) is 0 Å². The average molecular weight is 238 g/mol. The van der Waals surface area contributed by atoms with Gasteiger partial charge in [-0.05, 0) is 25.5 Å². The molecule has 0 saturated heterocycles. The van der Waals surface area contributed by atoms with E-state index >= 15 is 0 Å². The summed E-state index contributed by atoms with van der Waals surface area (Å²) in [6, 6.07) is 3.95. The summed E-state index contributed by atoms with van der Waals surface area (Å²) in [7, 11) is 1.70. The molecule has 0 spiro atoms. The molecule has 1 N–H and O–H groups in total. The minimum absolute atomic E-state index is 0.238. The average Bonchev–Trinajstić information content (AvgIpc) is 2.36. The monoisotopic (exact) mass is 238 g/mol. The van der Waals surface area contributed by atoms with Gasteiger partial charge < -0.3 is 14.8 Å². The van der Waals surface area contributed by atoms with Crippen LogP contribution in [0.3, 0.4) is 0 Å². The lowest BCUT2D eigenvalue weighted by Crippen LogP contribution is -2.19. The lowest BCUT2D eigenvalue weighted by Gasteiger charge is -2.12. The molecule has 1 atom stereocenters. The van der Waals surface area contributed by atoms with Crippen molar-refractivity contribution in [1.82, 2.24) is 10.3 Å². The highest BCUT2D eigenvalue weighted by Crippen LogP contribution is 2.12. The van der Waals surface area contributed by atoms with Crippen LogP contribution in [0.25, 0.3) is 0 Å². The van der Waals surface area contributed by atoms with Crippen LogP contribution in [0.1, 0.15) is 26.0 Å². The zero-order valence-corrected chi connectivity index (χ0v) is 10.9. The molecular weight excluding hydrogens is 216 g/mol. The van der Waals surface area contributed by atoms with Crippen LogP contribution < -0.4 is 10.1 Å². The Hall–Kier alpha value is -1.13. The lowest BCUT2D eigenvalue weighted by atomic mass is 10.3. The fourth-order valence-corrected chi connectivity index (χ4v) is 1.29. The predicted molar refractivity (Wildman–Crippen MR) is 68.2 cm³/mol. The summed E-state index contributed by atoms with van der Waals surface area (Å²) in [5, 5.41) is 3.25. The minimum atomic E-state index is 0.238. The molecule has 0 fully saturated rings. The number of nitrogens with zero attached hydrogens (tertiary/aromatic N) is 1. The fraction of sp³-hybridized carbons (Fsp3) is 0.615. The first-order valence-corrected chi connectivity index (χ1v) is 6.07. The molecule has 17 heavy (non-hydrogen) atoms. The van der Waals surface area contributed by atoms with E-state index in [2.05, 4.69) is 24.1 Å². The second-order valence-electron chi connectivity index (χ2n) is 3.99. The summed E-state index contributed by atoms with van der Waals surface area (Å²) in [6.07, 6.45) is 3.02. The van der Waals surface area contributed by atoms with Gasteiger partial charge in [-0.1, -0.05) is 6.92 Å². The van der Waals surface area contributed by atoms with Crippen molar-refractivity contribution in [2.24, 2.45) is 0 Å².